The smallest absolute Gasteiger partial charge is 0.276 e. The molecule has 0 saturated carbocycles. The molecule has 1 unspecified atom stereocenters. The summed E-state index contributed by atoms with van der Waals surface area (Å²) < 4.78 is 1.56. The summed E-state index contributed by atoms with van der Waals surface area (Å²) in [6.07, 6.45) is 2.46. The number of nitrogens with two attached hydrogens (primary N) is 1. The van der Waals surface area contributed by atoms with Crippen molar-refractivity contribution < 1.29 is 9.90 Å². The van der Waals surface area contributed by atoms with Gasteiger partial charge < -0.3 is 15.7 Å². The number of hydrogen-bond donors (Lipinski definition) is 2. The van der Waals surface area contributed by atoms with E-state index in [1.807, 2.05) is 0 Å². The second-order valence-electron chi connectivity index (χ2n) is 4.24. The maximum absolute atomic E-state index is 12.0. The van der Waals surface area contributed by atoms with Gasteiger partial charge in [0.25, 0.3) is 5.91 Å². The third-order valence-electron chi connectivity index (χ3n) is 2.95. The Morgan fingerprint density at radius 1 is 1.65 bits per heavy atom. The van der Waals surface area contributed by atoms with Crippen LogP contribution in [0.15, 0.2) is 6.20 Å². The molecule has 2 rings (SSSR count). The van der Waals surface area contributed by atoms with E-state index in [0.29, 0.717) is 31.9 Å². The molecule has 94 valence electrons. The van der Waals surface area contributed by atoms with E-state index in [1.54, 1.807) is 15.8 Å². The van der Waals surface area contributed by atoms with Crippen LogP contribution < -0.4 is 5.73 Å². The molecule has 0 aliphatic carbocycles. The van der Waals surface area contributed by atoms with Crippen molar-refractivity contribution in [1.82, 2.24) is 19.9 Å². The van der Waals surface area contributed by atoms with Crippen molar-refractivity contribution in [3.05, 3.63) is 11.9 Å². The van der Waals surface area contributed by atoms with E-state index < -0.39 is 0 Å². The van der Waals surface area contributed by atoms with Crippen LogP contribution in [0, 0.1) is 5.92 Å². The number of carbonyl (C=O) groups is 1. The van der Waals surface area contributed by atoms with E-state index in [9.17, 15) is 4.79 Å². The number of likely N-dealkylation sites (tertiary alicyclic amines) is 1. The number of hydrogen-bond acceptors (Lipinski definition) is 5. The lowest BCUT2D eigenvalue weighted by Gasteiger charge is -2.13. The van der Waals surface area contributed by atoms with Gasteiger partial charge in [-0.2, -0.15) is 0 Å². The van der Waals surface area contributed by atoms with Gasteiger partial charge in [0.2, 0.25) is 0 Å². The highest BCUT2D eigenvalue weighted by Crippen LogP contribution is 2.17. The molecular formula is C10H17N5O2. The summed E-state index contributed by atoms with van der Waals surface area (Å²) in [6.45, 7) is 2.42. The van der Waals surface area contributed by atoms with Crippen molar-refractivity contribution in [2.75, 3.05) is 26.2 Å². The third kappa shape index (κ3) is 2.62. The number of amides is 1. The van der Waals surface area contributed by atoms with E-state index >= 15 is 0 Å². The van der Waals surface area contributed by atoms with Crippen LogP contribution in [-0.2, 0) is 6.54 Å². The molecule has 1 amide bonds. The Labute approximate surface area is 99.2 Å². The topological polar surface area (TPSA) is 97.3 Å². The highest BCUT2D eigenvalue weighted by Gasteiger charge is 2.27. The average molecular weight is 239 g/mol. The first kappa shape index (κ1) is 12.0. The van der Waals surface area contributed by atoms with Gasteiger partial charge in [-0.15, -0.1) is 5.10 Å². The van der Waals surface area contributed by atoms with Crippen LogP contribution in [0.1, 0.15) is 16.9 Å². The maximum Gasteiger partial charge on any atom is 0.276 e. The predicted molar refractivity (Wildman–Crippen MR) is 60.2 cm³/mol. The van der Waals surface area contributed by atoms with Crippen LogP contribution in [0.3, 0.4) is 0 Å². The minimum atomic E-state index is -0.121. The fraction of sp³-hybridized carbons (Fsp3) is 0.700. The minimum absolute atomic E-state index is 0.121. The predicted octanol–water partition coefficient (Wildman–Crippen LogP) is -1.31. The molecule has 0 spiro atoms. The number of aliphatic hydroxyl groups is 1. The van der Waals surface area contributed by atoms with Crippen LogP contribution >= 0.6 is 0 Å². The molecule has 1 atom stereocenters. The molecule has 0 bridgehead atoms. The van der Waals surface area contributed by atoms with Gasteiger partial charge in [0.1, 0.15) is 0 Å². The zero-order valence-electron chi connectivity index (χ0n) is 9.62. The molecule has 1 aliphatic rings. The van der Waals surface area contributed by atoms with Gasteiger partial charge in [0.15, 0.2) is 5.69 Å². The van der Waals surface area contributed by atoms with E-state index in [-0.39, 0.29) is 18.4 Å². The highest BCUT2D eigenvalue weighted by atomic mass is 16.3. The van der Waals surface area contributed by atoms with E-state index in [2.05, 4.69) is 10.3 Å². The summed E-state index contributed by atoms with van der Waals surface area (Å²) in [5.74, 6) is 0.0715. The molecular weight excluding hydrogens is 222 g/mol. The Morgan fingerprint density at radius 3 is 3.12 bits per heavy atom. The quantitative estimate of drug-likeness (QED) is 0.680. The van der Waals surface area contributed by atoms with Crippen LogP contribution in [0.4, 0.5) is 0 Å². The van der Waals surface area contributed by atoms with Crippen molar-refractivity contribution in [3.63, 3.8) is 0 Å². The lowest BCUT2D eigenvalue weighted by Crippen LogP contribution is -2.29. The van der Waals surface area contributed by atoms with Crippen molar-refractivity contribution in [2.45, 2.75) is 13.0 Å². The molecule has 3 N–H and O–H groups in total. The standard InChI is InChI=1S/C10H17N5O2/c11-2-4-15-6-9(12-13-15)10(17)14-3-1-8(5-14)7-16/h6,8,16H,1-5,7,11H2. The van der Waals surface area contributed by atoms with Gasteiger partial charge >= 0.3 is 0 Å². The lowest BCUT2D eigenvalue weighted by molar-refractivity contribution is 0.0776. The van der Waals surface area contributed by atoms with Crippen LogP contribution in [0.2, 0.25) is 0 Å². The molecule has 0 radical (unpaired) electrons. The first-order valence-electron chi connectivity index (χ1n) is 5.75. The molecule has 17 heavy (non-hydrogen) atoms. The lowest BCUT2D eigenvalue weighted by atomic mass is 10.1. The normalized spacial score (nSPS) is 19.9. The van der Waals surface area contributed by atoms with Crippen LogP contribution in [0.25, 0.3) is 0 Å². The number of aromatic nitrogens is 3. The van der Waals surface area contributed by atoms with Crippen molar-refractivity contribution in [1.29, 1.82) is 0 Å². The van der Waals surface area contributed by atoms with Gasteiger partial charge in [-0.1, -0.05) is 5.21 Å². The summed E-state index contributed by atoms with van der Waals surface area (Å²) in [5, 5.41) is 16.7. The minimum Gasteiger partial charge on any atom is -0.396 e. The Bertz CT molecular complexity index is 392. The summed E-state index contributed by atoms with van der Waals surface area (Å²) in [4.78, 5) is 13.7. The molecule has 1 aromatic heterocycles. The highest BCUT2D eigenvalue weighted by molar-refractivity contribution is 5.92. The van der Waals surface area contributed by atoms with E-state index in [4.69, 9.17) is 10.8 Å². The van der Waals surface area contributed by atoms with E-state index in [1.165, 1.54) is 0 Å². The molecule has 7 heteroatoms. The molecule has 2 heterocycles. The third-order valence-corrected chi connectivity index (χ3v) is 2.95. The van der Waals surface area contributed by atoms with Gasteiger partial charge in [0, 0.05) is 32.2 Å². The van der Waals surface area contributed by atoms with Crippen molar-refractivity contribution in [2.24, 2.45) is 11.7 Å². The van der Waals surface area contributed by atoms with Crippen LogP contribution in [-0.4, -0.2) is 57.1 Å². The number of nitrogens with zero attached hydrogens (tertiary/aromatic N) is 4. The first-order chi connectivity index (χ1) is 8.24. The SMILES string of the molecule is NCCn1cc(C(=O)N2CCC(CO)C2)nn1. The Hall–Kier alpha value is -1.47. The van der Waals surface area contributed by atoms with E-state index in [0.717, 1.165) is 6.42 Å². The molecule has 1 aliphatic heterocycles. The fourth-order valence-corrected chi connectivity index (χ4v) is 1.97. The molecule has 1 saturated heterocycles. The monoisotopic (exact) mass is 239 g/mol. The summed E-state index contributed by atoms with van der Waals surface area (Å²) >= 11 is 0. The Kier molecular flexibility index (Phi) is 3.70. The Balaban J connectivity index is 1.99. The Morgan fingerprint density at radius 2 is 2.47 bits per heavy atom. The summed E-state index contributed by atoms with van der Waals surface area (Å²) in [6, 6.07) is 0. The largest absolute Gasteiger partial charge is 0.396 e. The zero-order valence-corrected chi connectivity index (χ0v) is 9.62. The van der Waals surface area contributed by atoms with Gasteiger partial charge in [0.05, 0.1) is 12.7 Å². The molecule has 1 aromatic rings. The van der Waals surface area contributed by atoms with Gasteiger partial charge in [-0.3, -0.25) is 9.48 Å². The van der Waals surface area contributed by atoms with Gasteiger partial charge in [-0.25, -0.2) is 0 Å². The number of rotatable bonds is 4. The van der Waals surface area contributed by atoms with Crippen molar-refractivity contribution >= 4 is 5.91 Å². The average Bonchev–Trinajstić information content (AvgIpc) is 2.97. The second-order valence-corrected chi connectivity index (χ2v) is 4.24. The fourth-order valence-electron chi connectivity index (χ4n) is 1.97. The van der Waals surface area contributed by atoms with Crippen LogP contribution in [0.5, 0.6) is 0 Å². The first-order valence-corrected chi connectivity index (χ1v) is 5.75. The molecule has 0 aromatic carbocycles. The summed E-state index contributed by atoms with van der Waals surface area (Å²) in [7, 11) is 0. The molecule has 7 nitrogen and oxygen atoms in total. The van der Waals surface area contributed by atoms with Crippen molar-refractivity contribution in [3.8, 4) is 0 Å². The second kappa shape index (κ2) is 5.24. The summed E-state index contributed by atoms with van der Waals surface area (Å²) in [5.41, 5.74) is 5.74. The van der Waals surface area contributed by atoms with Gasteiger partial charge in [-0.05, 0) is 6.42 Å². The number of aliphatic hydroxyl groups excluding tert-OH is 1. The molecule has 1 fully saturated rings. The maximum atomic E-state index is 12.0. The zero-order chi connectivity index (χ0) is 12.3. The number of carbonyl (C=O) groups excluding carboxylic acids is 1.